The summed E-state index contributed by atoms with van der Waals surface area (Å²) in [6, 6.07) is 8.61. The van der Waals surface area contributed by atoms with Crippen molar-refractivity contribution in [3.63, 3.8) is 0 Å². The molecule has 0 fully saturated rings. The number of rotatable bonds is 3. The Bertz CT molecular complexity index is 651. The molecular formula is C16H16N2O2S. The Balaban J connectivity index is 1.63. The molecule has 3 rings (SSSR count). The number of hydrogen-bond acceptors (Lipinski definition) is 4. The summed E-state index contributed by atoms with van der Waals surface area (Å²) in [7, 11) is 0. The number of thiophene rings is 1. The Morgan fingerprint density at radius 2 is 2.00 bits per heavy atom. The summed E-state index contributed by atoms with van der Waals surface area (Å²) in [4.78, 5) is 14.1. The number of nitrogens with one attached hydrogen (secondary N) is 1. The van der Waals surface area contributed by atoms with Gasteiger partial charge in [0, 0.05) is 4.88 Å². The minimum atomic E-state index is -0.163. The van der Waals surface area contributed by atoms with Gasteiger partial charge in [0.2, 0.25) is 0 Å². The molecule has 108 valence electrons. The van der Waals surface area contributed by atoms with E-state index >= 15 is 0 Å². The molecule has 0 unspecified atom stereocenters. The van der Waals surface area contributed by atoms with Gasteiger partial charge in [-0.15, -0.1) is 11.3 Å². The molecule has 5 heteroatoms. The molecule has 1 aliphatic rings. The lowest BCUT2D eigenvalue weighted by Gasteiger charge is -2.08. The number of amides is 1. The Morgan fingerprint density at radius 3 is 2.76 bits per heavy atom. The Hall–Kier alpha value is -2.14. The van der Waals surface area contributed by atoms with Crippen LogP contribution in [-0.2, 0) is 12.8 Å². The molecule has 0 saturated heterocycles. The lowest BCUT2D eigenvalue weighted by Crippen LogP contribution is -2.16. The number of nitrogens with zero attached hydrogens (tertiary/aromatic N) is 1. The largest absolute Gasteiger partial charge is 0.508 e. The van der Waals surface area contributed by atoms with Crippen LogP contribution in [0.15, 0.2) is 35.4 Å². The number of phenolic OH excluding ortho intramolecular Hbond substituents is 1. The molecule has 21 heavy (non-hydrogen) atoms. The van der Waals surface area contributed by atoms with Gasteiger partial charge in [-0.3, -0.25) is 4.79 Å². The fourth-order valence-corrected chi connectivity index (χ4v) is 3.53. The van der Waals surface area contributed by atoms with E-state index in [0.29, 0.717) is 0 Å². The van der Waals surface area contributed by atoms with E-state index in [2.05, 4.69) is 10.5 Å². The lowest BCUT2D eigenvalue weighted by atomic mass is 9.99. The predicted molar refractivity (Wildman–Crippen MR) is 84.1 cm³/mol. The molecule has 0 saturated carbocycles. The second kappa shape index (κ2) is 6.10. The molecule has 2 aromatic rings. The van der Waals surface area contributed by atoms with Gasteiger partial charge < -0.3 is 5.11 Å². The van der Waals surface area contributed by atoms with Gasteiger partial charge in [-0.1, -0.05) is 0 Å². The van der Waals surface area contributed by atoms with E-state index < -0.39 is 0 Å². The molecule has 1 aromatic heterocycles. The highest BCUT2D eigenvalue weighted by Gasteiger charge is 2.16. The molecule has 1 amide bonds. The van der Waals surface area contributed by atoms with E-state index in [-0.39, 0.29) is 11.7 Å². The second-order valence-electron chi connectivity index (χ2n) is 5.06. The van der Waals surface area contributed by atoms with Crippen molar-refractivity contribution in [3.05, 3.63) is 51.2 Å². The van der Waals surface area contributed by atoms with Crippen LogP contribution in [-0.4, -0.2) is 17.2 Å². The quantitative estimate of drug-likeness (QED) is 0.676. The van der Waals surface area contributed by atoms with Crippen molar-refractivity contribution in [3.8, 4) is 5.75 Å². The maximum absolute atomic E-state index is 12.1. The zero-order chi connectivity index (χ0) is 14.7. The number of fused-ring (bicyclic) bond motifs is 1. The standard InChI is InChI=1S/C16H16N2O2S/c19-13-7-5-11(6-8-13)10-17-18-16(20)15-9-12-3-1-2-4-14(12)21-15/h5-10,19H,1-4H2,(H,18,20). The molecule has 1 aliphatic carbocycles. The first-order valence-corrected chi connectivity index (χ1v) is 7.78. The van der Waals surface area contributed by atoms with Crippen LogP contribution in [0.1, 0.15) is 38.5 Å². The van der Waals surface area contributed by atoms with Gasteiger partial charge in [-0.2, -0.15) is 5.10 Å². The van der Waals surface area contributed by atoms with Crippen LogP contribution < -0.4 is 5.43 Å². The molecule has 1 aromatic carbocycles. The van der Waals surface area contributed by atoms with Crippen LogP contribution in [0.3, 0.4) is 0 Å². The topological polar surface area (TPSA) is 61.7 Å². The van der Waals surface area contributed by atoms with Crippen LogP contribution in [0.4, 0.5) is 0 Å². The van der Waals surface area contributed by atoms with E-state index in [9.17, 15) is 9.90 Å². The predicted octanol–water partition coefficient (Wildman–Crippen LogP) is 3.10. The zero-order valence-corrected chi connectivity index (χ0v) is 12.3. The van der Waals surface area contributed by atoms with Crippen molar-refractivity contribution >= 4 is 23.5 Å². The van der Waals surface area contributed by atoms with E-state index in [4.69, 9.17) is 0 Å². The van der Waals surface area contributed by atoms with Gasteiger partial charge in [-0.05, 0) is 67.1 Å². The number of benzene rings is 1. The number of aryl methyl sites for hydroxylation is 2. The SMILES string of the molecule is O=C(NN=Cc1ccc(O)cc1)c1cc2c(s1)CCCC2. The normalized spacial score (nSPS) is 14.1. The summed E-state index contributed by atoms with van der Waals surface area (Å²) in [6.45, 7) is 0. The van der Waals surface area contributed by atoms with Crippen molar-refractivity contribution in [2.75, 3.05) is 0 Å². The number of hydrogen-bond donors (Lipinski definition) is 2. The van der Waals surface area contributed by atoms with Crippen molar-refractivity contribution in [1.29, 1.82) is 0 Å². The summed E-state index contributed by atoms with van der Waals surface area (Å²) in [6.07, 6.45) is 6.15. The maximum atomic E-state index is 12.1. The third-order valence-electron chi connectivity index (χ3n) is 3.49. The molecule has 0 aliphatic heterocycles. The van der Waals surface area contributed by atoms with Crippen LogP contribution in [0, 0.1) is 0 Å². The van der Waals surface area contributed by atoms with Gasteiger partial charge in [0.15, 0.2) is 0 Å². The van der Waals surface area contributed by atoms with E-state index in [1.165, 1.54) is 23.3 Å². The molecule has 2 N–H and O–H groups in total. The molecular weight excluding hydrogens is 284 g/mol. The fraction of sp³-hybridized carbons (Fsp3) is 0.250. The van der Waals surface area contributed by atoms with Gasteiger partial charge >= 0.3 is 0 Å². The summed E-state index contributed by atoms with van der Waals surface area (Å²) in [5.74, 6) is 0.0461. The second-order valence-corrected chi connectivity index (χ2v) is 6.19. The van der Waals surface area contributed by atoms with Crippen LogP contribution in [0.2, 0.25) is 0 Å². The third-order valence-corrected chi connectivity index (χ3v) is 4.73. The van der Waals surface area contributed by atoms with Crippen LogP contribution in [0.5, 0.6) is 5.75 Å². The highest BCUT2D eigenvalue weighted by Crippen LogP contribution is 2.29. The van der Waals surface area contributed by atoms with Crippen molar-refractivity contribution in [1.82, 2.24) is 5.43 Å². The summed E-state index contributed by atoms with van der Waals surface area (Å²) in [5.41, 5.74) is 4.69. The number of aromatic hydroxyl groups is 1. The average molecular weight is 300 g/mol. The lowest BCUT2D eigenvalue weighted by molar-refractivity contribution is 0.0959. The van der Waals surface area contributed by atoms with Crippen LogP contribution >= 0.6 is 11.3 Å². The third kappa shape index (κ3) is 3.31. The van der Waals surface area contributed by atoms with E-state index in [1.54, 1.807) is 41.8 Å². The van der Waals surface area contributed by atoms with Crippen molar-refractivity contribution in [2.45, 2.75) is 25.7 Å². The maximum Gasteiger partial charge on any atom is 0.281 e. The van der Waals surface area contributed by atoms with Crippen molar-refractivity contribution in [2.24, 2.45) is 5.10 Å². The van der Waals surface area contributed by atoms with Gasteiger partial charge in [0.05, 0.1) is 11.1 Å². The van der Waals surface area contributed by atoms with Gasteiger partial charge in [-0.25, -0.2) is 5.43 Å². The number of phenols is 1. The number of carbonyl (C=O) groups excluding carboxylic acids is 1. The molecule has 0 atom stereocenters. The minimum Gasteiger partial charge on any atom is -0.508 e. The molecule has 0 radical (unpaired) electrons. The molecule has 4 nitrogen and oxygen atoms in total. The average Bonchev–Trinajstić information content (AvgIpc) is 2.93. The Labute approximate surface area is 127 Å². The fourth-order valence-electron chi connectivity index (χ4n) is 2.38. The monoisotopic (exact) mass is 300 g/mol. The van der Waals surface area contributed by atoms with Gasteiger partial charge in [0.1, 0.15) is 5.75 Å². The summed E-state index contributed by atoms with van der Waals surface area (Å²) < 4.78 is 0. The van der Waals surface area contributed by atoms with Crippen molar-refractivity contribution < 1.29 is 9.90 Å². The molecule has 1 heterocycles. The van der Waals surface area contributed by atoms with Gasteiger partial charge in [0.25, 0.3) is 5.91 Å². The zero-order valence-electron chi connectivity index (χ0n) is 11.5. The molecule has 0 spiro atoms. The number of hydrazone groups is 1. The van der Waals surface area contributed by atoms with E-state index in [0.717, 1.165) is 23.3 Å². The number of carbonyl (C=O) groups is 1. The highest BCUT2D eigenvalue weighted by atomic mass is 32.1. The Kier molecular flexibility index (Phi) is 4.01. The highest BCUT2D eigenvalue weighted by molar-refractivity contribution is 7.14. The van der Waals surface area contributed by atoms with E-state index in [1.807, 2.05) is 6.07 Å². The Morgan fingerprint density at radius 1 is 1.24 bits per heavy atom. The minimum absolute atomic E-state index is 0.163. The first-order chi connectivity index (χ1) is 10.2. The first kappa shape index (κ1) is 13.8. The van der Waals surface area contributed by atoms with Crippen LogP contribution in [0.25, 0.3) is 0 Å². The first-order valence-electron chi connectivity index (χ1n) is 6.96. The molecule has 0 bridgehead atoms. The smallest absolute Gasteiger partial charge is 0.281 e. The summed E-state index contributed by atoms with van der Waals surface area (Å²) >= 11 is 1.57. The summed E-state index contributed by atoms with van der Waals surface area (Å²) in [5, 5.41) is 13.1.